The van der Waals surface area contributed by atoms with Crippen molar-refractivity contribution in [3.63, 3.8) is 0 Å². The molecule has 1 amide bonds. The summed E-state index contributed by atoms with van der Waals surface area (Å²) in [5.74, 6) is -0.199. The van der Waals surface area contributed by atoms with E-state index < -0.39 is 5.54 Å². The molecule has 2 aromatic heterocycles. The number of benzene rings is 1. The molecule has 0 saturated heterocycles. The summed E-state index contributed by atoms with van der Waals surface area (Å²) in [6.07, 6.45) is 3.24. The highest BCUT2D eigenvalue weighted by Crippen LogP contribution is 2.39. The van der Waals surface area contributed by atoms with Crippen molar-refractivity contribution in [3.05, 3.63) is 51.3 Å². The summed E-state index contributed by atoms with van der Waals surface area (Å²) >= 11 is 7.33. The largest absolute Gasteiger partial charge is 0.336 e. The maximum Gasteiger partial charge on any atom is 0.263 e. The number of nitriles is 1. The number of aromatic nitrogens is 2. The minimum Gasteiger partial charge on any atom is -0.336 e. The van der Waals surface area contributed by atoms with Crippen LogP contribution in [0, 0.1) is 17.2 Å². The first-order chi connectivity index (χ1) is 13.4. The molecule has 6 nitrogen and oxygen atoms in total. The average Bonchev–Trinajstić information content (AvgIpc) is 3.45. The molecule has 4 rings (SSSR count). The van der Waals surface area contributed by atoms with Crippen LogP contribution in [0.5, 0.6) is 0 Å². The van der Waals surface area contributed by atoms with Crippen LogP contribution in [0.4, 0.5) is 0 Å². The topological polar surface area (TPSA) is 87.8 Å². The van der Waals surface area contributed by atoms with Gasteiger partial charge in [0.1, 0.15) is 16.9 Å². The Labute approximate surface area is 170 Å². The van der Waals surface area contributed by atoms with Crippen molar-refractivity contribution in [1.82, 2.24) is 14.9 Å². The number of fused-ring (bicyclic) bond motifs is 1. The number of nitrogens with one attached hydrogen (secondary N) is 1. The Morgan fingerprint density at radius 3 is 2.79 bits per heavy atom. The summed E-state index contributed by atoms with van der Waals surface area (Å²) < 4.78 is 1.29. The van der Waals surface area contributed by atoms with Crippen LogP contribution in [0.2, 0.25) is 5.02 Å². The highest BCUT2D eigenvalue weighted by molar-refractivity contribution is 7.17. The van der Waals surface area contributed by atoms with Crippen molar-refractivity contribution >= 4 is 39.1 Å². The molecular formula is C20H17ClN4O2S. The molecule has 8 heteroatoms. The van der Waals surface area contributed by atoms with Gasteiger partial charge in [0.25, 0.3) is 5.56 Å². The van der Waals surface area contributed by atoms with Gasteiger partial charge in [-0.25, -0.2) is 4.98 Å². The number of rotatable bonds is 5. The second-order valence-corrected chi connectivity index (χ2v) is 8.45. The molecular weight excluding hydrogens is 396 g/mol. The normalized spacial score (nSPS) is 15.8. The zero-order valence-corrected chi connectivity index (χ0v) is 16.7. The van der Waals surface area contributed by atoms with Crippen molar-refractivity contribution < 1.29 is 4.79 Å². The Kier molecular flexibility index (Phi) is 4.69. The number of amides is 1. The lowest BCUT2D eigenvalue weighted by atomic mass is 9.98. The second kappa shape index (κ2) is 7.04. The van der Waals surface area contributed by atoms with Crippen LogP contribution in [0.1, 0.15) is 19.8 Å². The van der Waals surface area contributed by atoms with E-state index in [1.807, 2.05) is 17.5 Å². The molecule has 142 valence electrons. The monoisotopic (exact) mass is 412 g/mol. The van der Waals surface area contributed by atoms with Gasteiger partial charge in [0.15, 0.2) is 0 Å². The summed E-state index contributed by atoms with van der Waals surface area (Å²) in [6, 6.07) is 9.42. The number of thiophene rings is 1. The fourth-order valence-corrected chi connectivity index (χ4v) is 4.32. The van der Waals surface area contributed by atoms with E-state index in [-0.39, 0.29) is 23.9 Å². The third kappa shape index (κ3) is 3.41. The molecule has 1 aromatic carbocycles. The number of carbonyl (C=O) groups excluding carboxylic acids is 1. The zero-order valence-electron chi connectivity index (χ0n) is 15.1. The number of halogens is 1. The first-order valence-corrected chi connectivity index (χ1v) is 10.1. The van der Waals surface area contributed by atoms with Crippen LogP contribution in [-0.2, 0) is 11.3 Å². The summed E-state index contributed by atoms with van der Waals surface area (Å²) in [7, 11) is 0. The van der Waals surface area contributed by atoms with E-state index in [9.17, 15) is 14.9 Å². The lowest BCUT2D eigenvalue weighted by molar-refractivity contribution is -0.123. The lowest BCUT2D eigenvalue weighted by Gasteiger charge is -2.23. The predicted molar refractivity (Wildman–Crippen MR) is 109 cm³/mol. The van der Waals surface area contributed by atoms with Crippen molar-refractivity contribution in [3.8, 4) is 17.2 Å². The van der Waals surface area contributed by atoms with Crippen LogP contribution in [0.3, 0.4) is 0 Å². The molecule has 1 atom stereocenters. The van der Waals surface area contributed by atoms with Crippen molar-refractivity contribution in [2.75, 3.05) is 0 Å². The fraction of sp³-hybridized carbons (Fsp3) is 0.300. The SMILES string of the molecule is C[C@](C#N)(NC(=O)Cn1cnc2scc(-c3ccc(Cl)cc3)c2c1=O)C1CC1. The van der Waals surface area contributed by atoms with Gasteiger partial charge in [-0.05, 0) is 43.4 Å². The van der Waals surface area contributed by atoms with Gasteiger partial charge in [-0.3, -0.25) is 14.2 Å². The highest BCUT2D eigenvalue weighted by atomic mass is 35.5. The minimum atomic E-state index is -0.894. The summed E-state index contributed by atoms with van der Waals surface area (Å²) in [6.45, 7) is 1.55. The maximum absolute atomic E-state index is 13.0. The maximum atomic E-state index is 13.0. The van der Waals surface area contributed by atoms with E-state index >= 15 is 0 Å². The van der Waals surface area contributed by atoms with Crippen LogP contribution in [0.25, 0.3) is 21.3 Å². The number of carbonyl (C=O) groups is 1. The second-order valence-electron chi connectivity index (χ2n) is 7.15. The molecule has 2 heterocycles. The summed E-state index contributed by atoms with van der Waals surface area (Å²) in [5.41, 5.74) is 0.456. The van der Waals surface area contributed by atoms with E-state index in [1.165, 1.54) is 22.2 Å². The van der Waals surface area contributed by atoms with Crippen LogP contribution >= 0.6 is 22.9 Å². The highest BCUT2D eigenvalue weighted by Gasteiger charge is 2.43. The lowest BCUT2D eigenvalue weighted by Crippen LogP contribution is -2.48. The van der Waals surface area contributed by atoms with Gasteiger partial charge in [0.2, 0.25) is 5.91 Å². The van der Waals surface area contributed by atoms with Gasteiger partial charge in [-0.2, -0.15) is 5.26 Å². The number of hydrogen-bond acceptors (Lipinski definition) is 5. The third-order valence-electron chi connectivity index (χ3n) is 5.06. The van der Waals surface area contributed by atoms with Gasteiger partial charge in [-0.1, -0.05) is 23.7 Å². The zero-order chi connectivity index (χ0) is 19.9. The molecule has 0 bridgehead atoms. The standard InChI is InChI=1S/C20H17ClN4O2S/c1-20(10-22,13-4-5-13)24-16(26)8-25-11-23-18-17(19(25)27)15(9-28-18)12-2-6-14(21)7-3-12/h2-3,6-7,9,11,13H,4-5,8H2,1H3,(H,24,26)/t20-/m1/s1. The number of nitrogens with zero attached hydrogens (tertiary/aromatic N) is 3. The number of hydrogen-bond donors (Lipinski definition) is 1. The van der Waals surface area contributed by atoms with Crippen molar-refractivity contribution in [1.29, 1.82) is 5.26 Å². The van der Waals surface area contributed by atoms with Crippen molar-refractivity contribution in [2.45, 2.75) is 31.8 Å². The molecule has 0 aliphatic heterocycles. The molecule has 1 fully saturated rings. The molecule has 1 aliphatic rings. The Morgan fingerprint density at radius 2 is 2.14 bits per heavy atom. The molecule has 3 aromatic rings. The van der Waals surface area contributed by atoms with E-state index in [2.05, 4.69) is 16.4 Å². The van der Waals surface area contributed by atoms with Gasteiger partial charge >= 0.3 is 0 Å². The van der Waals surface area contributed by atoms with Gasteiger partial charge in [0.05, 0.1) is 17.8 Å². The van der Waals surface area contributed by atoms with Crippen LogP contribution in [-0.4, -0.2) is 21.0 Å². The van der Waals surface area contributed by atoms with E-state index in [0.717, 1.165) is 24.0 Å². The molecule has 0 unspecified atom stereocenters. The molecule has 28 heavy (non-hydrogen) atoms. The Morgan fingerprint density at radius 1 is 1.43 bits per heavy atom. The van der Waals surface area contributed by atoms with E-state index in [0.29, 0.717) is 15.2 Å². The summed E-state index contributed by atoms with van der Waals surface area (Å²) in [5, 5.41) is 15.2. The Balaban J connectivity index is 1.65. The van der Waals surface area contributed by atoms with Crippen LogP contribution in [0.15, 0.2) is 40.8 Å². The minimum absolute atomic E-state index is 0.173. The Bertz CT molecular complexity index is 1160. The molecule has 0 spiro atoms. The first-order valence-electron chi connectivity index (χ1n) is 8.86. The van der Waals surface area contributed by atoms with Crippen LogP contribution < -0.4 is 10.9 Å². The van der Waals surface area contributed by atoms with Crippen molar-refractivity contribution in [2.24, 2.45) is 5.92 Å². The molecule has 1 aliphatic carbocycles. The Hall–Kier alpha value is -2.69. The smallest absolute Gasteiger partial charge is 0.263 e. The van der Waals surface area contributed by atoms with Gasteiger partial charge in [0, 0.05) is 16.0 Å². The van der Waals surface area contributed by atoms with Gasteiger partial charge < -0.3 is 5.32 Å². The third-order valence-corrected chi connectivity index (χ3v) is 6.19. The fourth-order valence-electron chi connectivity index (χ4n) is 3.29. The molecule has 1 N–H and O–H groups in total. The van der Waals surface area contributed by atoms with E-state index in [4.69, 9.17) is 11.6 Å². The first kappa shape index (κ1) is 18.7. The molecule has 0 radical (unpaired) electrons. The molecule has 1 saturated carbocycles. The summed E-state index contributed by atoms with van der Waals surface area (Å²) in [4.78, 5) is 30.5. The average molecular weight is 413 g/mol. The van der Waals surface area contributed by atoms with Gasteiger partial charge in [-0.15, -0.1) is 11.3 Å². The predicted octanol–water partition coefficient (Wildman–Crippen LogP) is 3.59. The van der Waals surface area contributed by atoms with E-state index in [1.54, 1.807) is 19.1 Å². The quantitative estimate of drug-likeness (QED) is 0.693.